The zero-order valence-electron chi connectivity index (χ0n) is 13.6. The van der Waals surface area contributed by atoms with E-state index in [4.69, 9.17) is 27.9 Å². The average molecular weight is 370 g/mol. The number of amides is 1. The van der Waals surface area contributed by atoms with Crippen LogP contribution in [0.25, 0.3) is 0 Å². The van der Waals surface area contributed by atoms with Gasteiger partial charge in [0.1, 0.15) is 0 Å². The molecular formula is C18H21Cl2NO3. The molecule has 1 atom stereocenters. The summed E-state index contributed by atoms with van der Waals surface area (Å²) in [5.41, 5.74) is 1.54. The summed E-state index contributed by atoms with van der Waals surface area (Å²) < 4.78 is 5.17. The number of nitrogens with one attached hydrogen (secondary N) is 1. The Bertz CT molecular complexity index is 643. The molecule has 2 rings (SSSR count). The summed E-state index contributed by atoms with van der Waals surface area (Å²) in [6.07, 6.45) is 6.88. The van der Waals surface area contributed by atoms with Gasteiger partial charge in [-0.3, -0.25) is 4.79 Å². The number of carbonyl (C=O) groups excluding carboxylic acids is 2. The second-order valence-corrected chi connectivity index (χ2v) is 6.58. The first-order valence-corrected chi connectivity index (χ1v) is 8.85. The normalized spacial score (nSPS) is 15.4. The molecule has 24 heavy (non-hydrogen) atoms. The Kier molecular flexibility index (Phi) is 7.13. The van der Waals surface area contributed by atoms with Crippen LogP contribution in [-0.4, -0.2) is 24.5 Å². The summed E-state index contributed by atoms with van der Waals surface area (Å²) in [5, 5.41) is 3.19. The van der Waals surface area contributed by atoms with E-state index in [0.717, 1.165) is 19.3 Å². The van der Waals surface area contributed by atoms with E-state index in [9.17, 15) is 9.59 Å². The molecule has 1 aromatic rings. The van der Waals surface area contributed by atoms with E-state index < -0.39 is 12.1 Å². The van der Waals surface area contributed by atoms with Crippen LogP contribution in [0.3, 0.4) is 0 Å². The molecule has 0 radical (unpaired) electrons. The average Bonchev–Trinajstić information content (AvgIpc) is 2.58. The highest BCUT2D eigenvalue weighted by atomic mass is 35.5. The number of ether oxygens (including phenoxy) is 1. The van der Waals surface area contributed by atoms with Gasteiger partial charge < -0.3 is 10.1 Å². The van der Waals surface area contributed by atoms with Crippen LogP contribution in [0.2, 0.25) is 10.0 Å². The number of carbonyl (C=O) groups is 2. The topological polar surface area (TPSA) is 55.4 Å². The van der Waals surface area contributed by atoms with Crippen molar-refractivity contribution in [2.24, 2.45) is 0 Å². The van der Waals surface area contributed by atoms with Gasteiger partial charge in [-0.15, -0.1) is 0 Å². The maximum Gasteiger partial charge on any atom is 0.340 e. The molecule has 1 aliphatic rings. The van der Waals surface area contributed by atoms with Crippen LogP contribution in [-0.2, 0) is 9.53 Å². The molecule has 0 aliphatic heterocycles. The predicted molar refractivity (Wildman–Crippen MR) is 95.5 cm³/mol. The van der Waals surface area contributed by atoms with Crippen molar-refractivity contribution >= 4 is 35.1 Å². The standard InChI is InChI=1S/C18H21Cl2NO3/c1-12(17(22)21-11-10-13-6-3-2-4-7-13)24-18(23)14-8-5-9-15(19)16(14)20/h5-6,8-9,12H,2-4,7,10-11H2,1H3,(H,21,22)/t12-/m1/s1. The summed E-state index contributed by atoms with van der Waals surface area (Å²) in [4.78, 5) is 24.1. The molecule has 0 saturated carbocycles. The van der Waals surface area contributed by atoms with E-state index in [1.807, 2.05) is 0 Å². The Morgan fingerprint density at radius 3 is 2.79 bits per heavy atom. The Balaban J connectivity index is 1.81. The number of esters is 1. The fourth-order valence-corrected chi connectivity index (χ4v) is 2.94. The molecule has 4 nitrogen and oxygen atoms in total. The lowest BCUT2D eigenvalue weighted by atomic mass is 9.97. The van der Waals surface area contributed by atoms with Gasteiger partial charge in [0, 0.05) is 6.54 Å². The van der Waals surface area contributed by atoms with Crippen molar-refractivity contribution in [2.45, 2.75) is 45.1 Å². The van der Waals surface area contributed by atoms with Crippen molar-refractivity contribution in [2.75, 3.05) is 6.54 Å². The van der Waals surface area contributed by atoms with E-state index >= 15 is 0 Å². The third kappa shape index (κ3) is 5.25. The number of rotatable bonds is 6. The molecular weight excluding hydrogens is 349 g/mol. The van der Waals surface area contributed by atoms with Crippen LogP contribution in [0.1, 0.15) is 49.4 Å². The smallest absolute Gasteiger partial charge is 0.340 e. The molecule has 1 amide bonds. The van der Waals surface area contributed by atoms with E-state index in [-0.39, 0.29) is 21.5 Å². The van der Waals surface area contributed by atoms with Crippen molar-refractivity contribution < 1.29 is 14.3 Å². The zero-order valence-corrected chi connectivity index (χ0v) is 15.1. The van der Waals surface area contributed by atoms with Gasteiger partial charge in [-0.1, -0.05) is 40.9 Å². The van der Waals surface area contributed by atoms with Gasteiger partial charge >= 0.3 is 5.97 Å². The van der Waals surface area contributed by atoms with Crippen LogP contribution in [0.5, 0.6) is 0 Å². The highest BCUT2D eigenvalue weighted by Crippen LogP contribution is 2.26. The first-order chi connectivity index (χ1) is 11.5. The van der Waals surface area contributed by atoms with Gasteiger partial charge in [-0.2, -0.15) is 0 Å². The monoisotopic (exact) mass is 369 g/mol. The predicted octanol–water partition coefficient (Wildman–Crippen LogP) is 4.55. The minimum Gasteiger partial charge on any atom is -0.449 e. The van der Waals surface area contributed by atoms with E-state index in [1.54, 1.807) is 12.1 Å². The van der Waals surface area contributed by atoms with Crippen molar-refractivity contribution in [1.82, 2.24) is 5.32 Å². The Morgan fingerprint density at radius 1 is 1.29 bits per heavy atom. The van der Waals surface area contributed by atoms with Crippen LogP contribution in [0, 0.1) is 0 Å². The summed E-state index contributed by atoms with van der Waals surface area (Å²) in [5.74, 6) is -0.988. The number of hydrogen-bond acceptors (Lipinski definition) is 3. The summed E-state index contributed by atoms with van der Waals surface area (Å²) in [6, 6.07) is 4.70. The minimum atomic E-state index is -0.895. The first-order valence-electron chi connectivity index (χ1n) is 8.09. The van der Waals surface area contributed by atoms with Crippen molar-refractivity contribution in [3.8, 4) is 0 Å². The Hall–Kier alpha value is -1.52. The van der Waals surface area contributed by atoms with E-state index in [0.29, 0.717) is 6.54 Å². The van der Waals surface area contributed by atoms with E-state index in [1.165, 1.54) is 31.4 Å². The maximum atomic E-state index is 12.1. The molecule has 6 heteroatoms. The molecule has 0 bridgehead atoms. The van der Waals surface area contributed by atoms with Crippen LogP contribution in [0.4, 0.5) is 0 Å². The quantitative estimate of drug-likeness (QED) is 0.591. The highest BCUT2D eigenvalue weighted by molar-refractivity contribution is 6.43. The second-order valence-electron chi connectivity index (χ2n) is 5.80. The number of halogens is 2. The molecule has 1 aromatic carbocycles. The van der Waals surface area contributed by atoms with Crippen molar-refractivity contribution in [3.05, 3.63) is 45.5 Å². The molecule has 0 fully saturated rings. The lowest BCUT2D eigenvalue weighted by Crippen LogP contribution is -2.36. The zero-order chi connectivity index (χ0) is 17.5. The van der Waals surface area contributed by atoms with Crippen LogP contribution in [0.15, 0.2) is 29.8 Å². The lowest BCUT2D eigenvalue weighted by Gasteiger charge is -2.16. The highest BCUT2D eigenvalue weighted by Gasteiger charge is 2.21. The molecule has 0 saturated heterocycles. The van der Waals surface area contributed by atoms with E-state index in [2.05, 4.69) is 11.4 Å². The number of hydrogen-bond donors (Lipinski definition) is 1. The summed E-state index contributed by atoms with van der Waals surface area (Å²) in [7, 11) is 0. The van der Waals surface area contributed by atoms with Gasteiger partial charge in [0.2, 0.25) is 0 Å². The molecule has 0 aromatic heterocycles. The first kappa shape index (κ1) is 18.8. The largest absolute Gasteiger partial charge is 0.449 e. The molecule has 1 aliphatic carbocycles. The lowest BCUT2D eigenvalue weighted by molar-refractivity contribution is -0.129. The molecule has 0 heterocycles. The SMILES string of the molecule is C[C@@H](OC(=O)c1cccc(Cl)c1Cl)C(=O)NCCC1=CCCCC1. The molecule has 130 valence electrons. The fraction of sp³-hybridized carbons (Fsp3) is 0.444. The molecule has 0 spiro atoms. The van der Waals surface area contributed by atoms with Gasteiger partial charge in [0.15, 0.2) is 6.10 Å². The third-order valence-corrected chi connectivity index (χ3v) is 4.77. The summed E-state index contributed by atoms with van der Waals surface area (Å²) in [6.45, 7) is 2.08. The van der Waals surface area contributed by atoms with Crippen LogP contribution >= 0.6 is 23.2 Å². The van der Waals surface area contributed by atoms with Gasteiger partial charge in [-0.05, 0) is 51.2 Å². The minimum absolute atomic E-state index is 0.126. The molecule has 1 N–H and O–H groups in total. The van der Waals surface area contributed by atoms with Gasteiger partial charge in [0.25, 0.3) is 5.91 Å². The summed E-state index contributed by atoms with van der Waals surface area (Å²) >= 11 is 11.9. The van der Waals surface area contributed by atoms with Crippen molar-refractivity contribution in [3.63, 3.8) is 0 Å². The van der Waals surface area contributed by atoms with Crippen LogP contribution < -0.4 is 5.32 Å². The number of allylic oxidation sites excluding steroid dienone is 1. The Morgan fingerprint density at radius 2 is 2.08 bits per heavy atom. The number of benzene rings is 1. The Labute approximate surface area is 152 Å². The fourth-order valence-electron chi connectivity index (χ4n) is 2.56. The maximum absolute atomic E-state index is 12.1. The third-order valence-electron chi connectivity index (χ3n) is 3.95. The van der Waals surface area contributed by atoms with Crippen molar-refractivity contribution in [1.29, 1.82) is 0 Å². The molecule has 0 unspecified atom stereocenters. The van der Waals surface area contributed by atoms with Gasteiger partial charge in [-0.25, -0.2) is 4.79 Å². The van der Waals surface area contributed by atoms with Gasteiger partial charge in [0.05, 0.1) is 15.6 Å². The second kappa shape index (κ2) is 9.09.